The number of aliphatic hydroxyl groups is 1. The molecular formula is C24H24ClN3O3S. The predicted molar refractivity (Wildman–Crippen MR) is 126 cm³/mol. The summed E-state index contributed by atoms with van der Waals surface area (Å²) >= 11 is 7.45. The Morgan fingerprint density at radius 1 is 0.906 bits per heavy atom. The van der Waals surface area contributed by atoms with Crippen LogP contribution in [0.1, 0.15) is 20.0 Å². The van der Waals surface area contributed by atoms with Gasteiger partial charge in [0.05, 0.1) is 17.0 Å². The van der Waals surface area contributed by atoms with E-state index in [2.05, 4.69) is 4.90 Å². The highest BCUT2D eigenvalue weighted by molar-refractivity contribution is 7.20. The normalized spacial score (nSPS) is 21.9. The summed E-state index contributed by atoms with van der Waals surface area (Å²) in [4.78, 5) is 32.4. The molecule has 2 atom stereocenters. The van der Waals surface area contributed by atoms with Crippen LogP contribution in [-0.2, 0) is 0 Å². The van der Waals surface area contributed by atoms with E-state index >= 15 is 0 Å². The summed E-state index contributed by atoms with van der Waals surface area (Å²) in [7, 11) is 0. The van der Waals surface area contributed by atoms with Crippen molar-refractivity contribution in [3.8, 4) is 0 Å². The van der Waals surface area contributed by atoms with Crippen LogP contribution >= 0.6 is 22.9 Å². The van der Waals surface area contributed by atoms with Crippen molar-refractivity contribution in [1.82, 2.24) is 14.7 Å². The van der Waals surface area contributed by atoms with Crippen molar-refractivity contribution in [2.24, 2.45) is 0 Å². The molecule has 3 heterocycles. The Morgan fingerprint density at radius 3 is 2.34 bits per heavy atom. The Bertz CT molecular complexity index is 1110. The number of rotatable bonds is 3. The average molecular weight is 470 g/mol. The lowest BCUT2D eigenvalue weighted by molar-refractivity contribution is 0.0379. The molecular weight excluding hydrogens is 446 g/mol. The first-order valence-electron chi connectivity index (χ1n) is 10.7. The second-order valence-corrected chi connectivity index (χ2v) is 9.85. The number of hydrogen-bond donors (Lipinski definition) is 1. The summed E-state index contributed by atoms with van der Waals surface area (Å²) in [6.07, 6.45) is -0.601. The number of aliphatic hydroxyl groups excluding tert-OH is 1. The van der Waals surface area contributed by atoms with E-state index in [9.17, 15) is 14.7 Å². The molecule has 2 fully saturated rings. The zero-order valence-corrected chi connectivity index (χ0v) is 19.1. The Kier molecular flexibility index (Phi) is 5.90. The maximum absolute atomic E-state index is 13.0. The molecule has 32 heavy (non-hydrogen) atoms. The second kappa shape index (κ2) is 8.83. The summed E-state index contributed by atoms with van der Waals surface area (Å²) in [6, 6.07) is 16.7. The van der Waals surface area contributed by atoms with Gasteiger partial charge in [0.25, 0.3) is 11.8 Å². The van der Waals surface area contributed by atoms with Crippen LogP contribution in [0.2, 0.25) is 5.02 Å². The van der Waals surface area contributed by atoms with Crippen LogP contribution in [-0.4, -0.2) is 83.0 Å². The van der Waals surface area contributed by atoms with Crippen molar-refractivity contribution in [2.75, 3.05) is 39.3 Å². The molecule has 2 saturated heterocycles. The molecule has 0 radical (unpaired) electrons. The molecule has 0 spiro atoms. The van der Waals surface area contributed by atoms with E-state index in [1.165, 1.54) is 11.3 Å². The highest BCUT2D eigenvalue weighted by Gasteiger charge is 2.39. The lowest BCUT2D eigenvalue weighted by Crippen LogP contribution is -2.54. The fraction of sp³-hybridized carbons (Fsp3) is 0.333. The van der Waals surface area contributed by atoms with E-state index in [0.717, 1.165) is 15.0 Å². The minimum atomic E-state index is -0.601. The standard InChI is InChI=1S/C24H24ClN3O3S/c25-18-7-5-16(6-8-18)23(30)28-14-19(20(29)15-28)26-9-11-27(12-10-26)24(31)22-13-17-3-1-2-4-21(17)32-22/h1-8,13,19-20,29H,9-12,14-15H2. The average Bonchev–Trinajstić information content (AvgIpc) is 3.42. The maximum atomic E-state index is 13.0. The van der Waals surface area contributed by atoms with Crippen molar-refractivity contribution in [3.63, 3.8) is 0 Å². The van der Waals surface area contributed by atoms with Crippen molar-refractivity contribution < 1.29 is 14.7 Å². The van der Waals surface area contributed by atoms with Crippen LogP contribution in [0.5, 0.6) is 0 Å². The number of β-amino-alcohol motifs (C(OH)–C–C–N with tert-alkyl or cyclic N) is 1. The molecule has 2 aliphatic heterocycles. The maximum Gasteiger partial charge on any atom is 0.264 e. The van der Waals surface area contributed by atoms with Crippen molar-refractivity contribution in [2.45, 2.75) is 12.1 Å². The molecule has 3 aromatic rings. The Balaban J connectivity index is 1.20. The van der Waals surface area contributed by atoms with Crippen LogP contribution in [0.3, 0.4) is 0 Å². The van der Waals surface area contributed by atoms with Gasteiger partial charge in [0, 0.05) is 54.6 Å². The quantitative estimate of drug-likeness (QED) is 0.639. The van der Waals surface area contributed by atoms with Crippen molar-refractivity contribution in [1.29, 1.82) is 0 Å². The molecule has 1 aromatic heterocycles. The Hall–Kier alpha value is -2.45. The number of carbonyl (C=O) groups is 2. The number of hydrogen-bond acceptors (Lipinski definition) is 5. The lowest BCUT2D eigenvalue weighted by atomic mass is 10.1. The lowest BCUT2D eigenvalue weighted by Gasteiger charge is -2.38. The number of thiophene rings is 1. The summed E-state index contributed by atoms with van der Waals surface area (Å²) in [5.41, 5.74) is 0.570. The number of nitrogens with zero attached hydrogens (tertiary/aromatic N) is 3. The summed E-state index contributed by atoms with van der Waals surface area (Å²) in [6.45, 7) is 3.38. The number of fused-ring (bicyclic) bond motifs is 1. The molecule has 2 aliphatic rings. The highest BCUT2D eigenvalue weighted by Crippen LogP contribution is 2.27. The van der Waals surface area contributed by atoms with Gasteiger partial charge >= 0.3 is 0 Å². The van der Waals surface area contributed by atoms with E-state index in [-0.39, 0.29) is 17.9 Å². The summed E-state index contributed by atoms with van der Waals surface area (Å²) in [5, 5.41) is 12.3. The number of halogens is 1. The van der Waals surface area contributed by atoms with Gasteiger partial charge < -0.3 is 14.9 Å². The van der Waals surface area contributed by atoms with Gasteiger partial charge in [0.1, 0.15) is 0 Å². The molecule has 2 unspecified atom stereocenters. The van der Waals surface area contributed by atoms with E-state index in [0.29, 0.717) is 49.9 Å². The SMILES string of the molecule is O=C(c1ccc(Cl)cc1)N1CC(O)C(N2CCN(C(=O)c3cc4ccccc4s3)CC2)C1. The van der Waals surface area contributed by atoms with Gasteiger partial charge in [-0.05, 0) is 41.8 Å². The van der Waals surface area contributed by atoms with Gasteiger partial charge in [-0.25, -0.2) is 0 Å². The van der Waals surface area contributed by atoms with Crippen LogP contribution < -0.4 is 0 Å². The van der Waals surface area contributed by atoms with E-state index < -0.39 is 6.10 Å². The molecule has 2 aromatic carbocycles. The number of likely N-dealkylation sites (tertiary alicyclic amines) is 1. The van der Waals surface area contributed by atoms with E-state index in [4.69, 9.17) is 11.6 Å². The van der Waals surface area contributed by atoms with Crippen LogP contribution in [0, 0.1) is 0 Å². The third-order valence-electron chi connectivity index (χ3n) is 6.34. The first kappa shape index (κ1) is 21.4. The molecule has 2 amide bonds. The Labute approximate surface area is 195 Å². The summed E-state index contributed by atoms with van der Waals surface area (Å²) in [5.74, 6) is -0.0286. The van der Waals surface area contributed by atoms with Gasteiger partial charge in [-0.15, -0.1) is 11.3 Å². The molecule has 0 saturated carbocycles. The molecule has 0 aliphatic carbocycles. The molecule has 166 valence electrons. The third-order valence-corrected chi connectivity index (χ3v) is 7.70. The number of carbonyl (C=O) groups excluding carboxylic acids is 2. The third kappa shape index (κ3) is 4.13. The van der Waals surface area contributed by atoms with Gasteiger partial charge in [0.15, 0.2) is 0 Å². The number of amides is 2. The second-order valence-electron chi connectivity index (χ2n) is 8.33. The van der Waals surface area contributed by atoms with Gasteiger partial charge in [-0.2, -0.15) is 0 Å². The van der Waals surface area contributed by atoms with Gasteiger partial charge in [-0.1, -0.05) is 29.8 Å². The fourth-order valence-corrected chi connectivity index (χ4v) is 5.73. The summed E-state index contributed by atoms with van der Waals surface area (Å²) < 4.78 is 1.12. The fourth-order valence-electron chi connectivity index (χ4n) is 4.57. The smallest absolute Gasteiger partial charge is 0.264 e. The van der Waals surface area contributed by atoms with Crippen molar-refractivity contribution >= 4 is 44.8 Å². The molecule has 8 heteroatoms. The predicted octanol–water partition coefficient (Wildman–Crippen LogP) is 3.20. The molecule has 1 N–H and O–H groups in total. The minimum absolute atomic E-state index is 0.0670. The van der Waals surface area contributed by atoms with Crippen molar-refractivity contribution in [3.05, 3.63) is 70.1 Å². The largest absolute Gasteiger partial charge is 0.390 e. The number of piperazine rings is 1. The highest BCUT2D eigenvalue weighted by atomic mass is 35.5. The monoisotopic (exact) mass is 469 g/mol. The molecule has 5 rings (SSSR count). The van der Waals surface area contributed by atoms with Gasteiger partial charge in [0.2, 0.25) is 0 Å². The van der Waals surface area contributed by atoms with Crippen LogP contribution in [0.4, 0.5) is 0 Å². The van der Waals surface area contributed by atoms with Gasteiger partial charge in [-0.3, -0.25) is 14.5 Å². The Morgan fingerprint density at radius 2 is 1.62 bits per heavy atom. The number of benzene rings is 2. The van der Waals surface area contributed by atoms with E-state index in [1.54, 1.807) is 29.2 Å². The zero-order valence-electron chi connectivity index (χ0n) is 17.5. The van der Waals surface area contributed by atoms with Crippen LogP contribution in [0.15, 0.2) is 54.6 Å². The zero-order chi connectivity index (χ0) is 22.2. The topological polar surface area (TPSA) is 64.1 Å². The molecule has 6 nitrogen and oxygen atoms in total. The van der Waals surface area contributed by atoms with E-state index in [1.807, 2.05) is 35.2 Å². The minimum Gasteiger partial charge on any atom is -0.390 e. The molecule has 0 bridgehead atoms. The first-order valence-corrected chi connectivity index (χ1v) is 11.9. The first-order chi connectivity index (χ1) is 15.5. The van der Waals surface area contributed by atoms with Crippen LogP contribution in [0.25, 0.3) is 10.1 Å².